The number of carbonyl (C=O) groups is 1. The quantitative estimate of drug-likeness (QED) is 0.464. The van der Waals surface area contributed by atoms with Gasteiger partial charge in [-0.05, 0) is 56.7 Å². The Balaban J connectivity index is 1.44. The lowest BCUT2D eigenvalue weighted by Crippen LogP contribution is -2.49. The van der Waals surface area contributed by atoms with Gasteiger partial charge in [0.2, 0.25) is 0 Å². The number of aryl methyl sites for hydroxylation is 3. The summed E-state index contributed by atoms with van der Waals surface area (Å²) in [4.78, 5) is 30.3. The first-order valence-electron chi connectivity index (χ1n) is 12.5. The molecule has 0 unspecified atom stereocenters. The zero-order valence-corrected chi connectivity index (χ0v) is 20.9. The van der Waals surface area contributed by atoms with Crippen LogP contribution in [0.2, 0.25) is 0 Å². The van der Waals surface area contributed by atoms with Gasteiger partial charge in [-0.1, -0.05) is 38.0 Å². The summed E-state index contributed by atoms with van der Waals surface area (Å²) in [5.41, 5.74) is 3.45. The third kappa shape index (κ3) is 4.37. The normalized spacial score (nSPS) is 17.7. The SMILES string of the molecule is CC[C@@H](C)c1nc(N2CCN(C(=O)c3ccc(C)cc3)CC2)c2c3c(sc2n1)CCCCC3. The van der Waals surface area contributed by atoms with E-state index in [0.29, 0.717) is 5.92 Å². The van der Waals surface area contributed by atoms with Gasteiger partial charge in [-0.25, -0.2) is 9.97 Å². The van der Waals surface area contributed by atoms with Gasteiger partial charge in [0.05, 0.1) is 5.39 Å². The Morgan fingerprint density at radius 3 is 2.48 bits per heavy atom. The lowest BCUT2D eigenvalue weighted by molar-refractivity contribution is 0.0746. The average Bonchev–Trinajstić information content (AvgIpc) is 3.03. The molecule has 1 atom stereocenters. The molecular weight excluding hydrogens is 428 g/mol. The van der Waals surface area contributed by atoms with Crippen LogP contribution in [-0.2, 0) is 12.8 Å². The van der Waals surface area contributed by atoms with Crippen molar-refractivity contribution < 1.29 is 4.79 Å². The molecule has 0 radical (unpaired) electrons. The van der Waals surface area contributed by atoms with Crippen LogP contribution in [0.3, 0.4) is 0 Å². The third-order valence-corrected chi connectivity index (χ3v) is 8.47. The van der Waals surface area contributed by atoms with Crippen LogP contribution in [0.4, 0.5) is 5.82 Å². The maximum Gasteiger partial charge on any atom is 0.253 e. The molecule has 1 amide bonds. The minimum absolute atomic E-state index is 0.132. The summed E-state index contributed by atoms with van der Waals surface area (Å²) < 4.78 is 0. The van der Waals surface area contributed by atoms with Crippen molar-refractivity contribution in [1.82, 2.24) is 14.9 Å². The van der Waals surface area contributed by atoms with Gasteiger partial charge < -0.3 is 9.80 Å². The molecule has 1 aliphatic carbocycles. The zero-order chi connectivity index (χ0) is 22.9. The second-order valence-electron chi connectivity index (χ2n) is 9.60. The average molecular weight is 463 g/mol. The summed E-state index contributed by atoms with van der Waals surface area (Å²) >= 11 is 1.89. The number of amides is 1. The molecule has 5 rings (SSSR count). The minimum Gasteiger partial charge on any atom is -0.352 e. The molecule has 3 heterocycles. The number of benzene rings is 1. The molecule has 0 spiro atoms. The Kier molecular flexibility index (Phi) is 6.37. The third-order valence-electron chi connectivity index (χ3n) is 7.28. The van der Waals surface area contributed by atoms with Crippen molar-refractivity contribution in [1.29, 1.82) is 0 Å². The summed E-state index contributed by atoms with van der Waals surface area (Å²) in [5, 5.41) is 1.29. The smallest absolute Gasteiger partial charge is 0.253 e. The van der Waals surface area contributed by atoms with Crippen molar-refractivity contribution in [2.75, 3.05) is 31.1 Å². The van der Waals surface area contributed by atoms with Crippen LogP contribution in [0.1, 0.15) is 77.6 Å². The standard InChI is InChI=1S/C27H34N4OS/c1-4-19(3)24-28-25(23-21-8-6-5-7-9-22(21)33-26(23)29-24)30-14-16-31(17-15-30)27(32)20-12-10-18(2)11-13-20/h10-13,19H,4-9,14-17H2,1-3H3/t19-/m1/s1. The van der Waals surface area contributed by atoms with Crippen LogP contribution in [-0.4, -0.2) is 47.0 Å². The maximum absolute atomic E-state index is 13.0. The highest BCUT2D eigenvalue weighted by Crippen LogP contribution is 2.40. The number of carbonyl (C=O) groups excluding carboxylic acids is 1. The number of piperazine rings is 1. The highest BCUT2D eigenvalue weighted by Gasteiger charge is 2.28. The molecule has 1 aliphatic heterocycles. The van der Waals surface area contributed by atoms with E-state index >= 15 is 0 Å². The molecule has 1 saturated heterocycles. The van der Waals surface area contributed by atoms with Crippen molar-refractivity contribution in [3.63, 3.8) is 0 Å². The van der Waals surface area contributed by atoms with Gasteiger partial charge >= 0.3 is 0 Å². The first-order valence-corrected chi connectivity index (χ1v) is 13.3. The van der Waals surface area contributed by atoms with Crippen molar-refractivity contribution in [3.8, 4) is 0 Å². The summed E-state index contributed by atoms with van der Waals surface area (Å²) in [5.74, 6) is 2.55. The van der Waals surface area contributed by atoms with Crippen molar-refractivity contribution in [2.24, 2.45) is 0 Å². The van der Waals surface area contributed by atoms with Gasteiger partial charge in [-0.2, -0.15) is 0 Å². The number of rotatable bonds is 4. The Bertz CT molecular complexity index is 1150. The summed E-state index contributed by atoms with van der Waals surface area (Å²) in [7, 11) is 0. The van der Waals surface area contributed by atoms with Gasteiger partial charge in [-0.15, -0.1) is 11.3 Å². The molecule has 3 aromatic rings. The summed E-state index contributed by atoms with van der Waals surface area (Å²) in [6.45, 7) is 9.56. The molecule has 2 aromatic heterocycles. The Labute approximate surface area is 200 Å². The molecule has 0 saturated carbocycles. The van der Waals surface area contributed by atoms with Crippen LogP contribution < -0.4 is 4.90 Å². The van der Waals surface area contributed by atoms with E-state index in [4.69, 9.17) is 9.97 Å². The van der Waals surface area contributed by atoms with Gasteiger partial charge in [0.25, 0.3) is 5.91 Å². The number of nitrogens with zero attached hydrogens (tertiary/aromatic N) is 4. The van der Waals surface area contributed by atoms with E-state index in [1.807, 2.05) is 47.4 Å². The van der Waals surface area contributed by atoms with E-state index < -0.39 is 0 Å². The Hall–Kier alpha value is -2.47. The number of hydrogen-bond donors (Lipinski definition) is 0. The second kappa shape index (κ2) is 9.41. The van der Waals surface area contributed by atoms with E-state index in [1.54, 1.807) is 0 Å². The van der Waals surface area contributed by atoms with Crippen LogP contribution in [0.15, 0.2) is 24.3 Å². The zero-order valence-electron chi connectivity index (χ0n) is 20.1. The molecule has 33 heavy (non-hydrogen) atoms. The lowest BCUT2D eigenvalue weighted by atomic mass is 10.1. The highest BCUT2D eigenvalue weighted by atomic mass is 32.1. The predicted octanol–water partition coefficient (Wildman–Crippen LogP) is 5.74. The van der Waals surface area contributed by atoms with Crippen LogP contribution in [0, 0.1) is 6.92 Å². The van der Waals surface area contributed by atoms with Crippen molar-refractivity contribution >= 4 is 33.3 Å². The van der Waals surface area contributed by atoms with E-state index in [2.05, 4.69) is 18.7 Å². The van der Waals surface area contributed by atoms with Gasteiger partial charge in [-0.3, -0.25) is 4.79 Å². The Morgan fingerprint density at radius 2 is 1.76 bits per heavy atom. The van der Waals surface area contributed by atoms with Gasteiger partial charge in [0.1, 0.15) is 16.5 Å². The summed E-state index contributed by atoms with van der Waals surface area (Å²) in [6.07, 6.45) is 7.19. The van der Waals surface area contributed by atoms with E-state index in [9.17, 15) is 4.79 Å². The molecule has 174 valence electrons. The largest absolute Gasteiger partial charge is 0.352 e. The number of anilines is 1. The molecule has 0 bridgehead atoms. The molecule has 6 heteroatoms. The fourth-order valence-electron chi connectivity index (χ4n) is 4.96. The van der Waals surface area contributed by atoms with Crippen molar-refractivity contribution in [3.05, 3.63) is 51.7 Å². The first kappa shape index (κ1) is 22.3. The molecule has 1 aromatic carbocycles. The molecule has 5 nitrogen and oxygen atoms in total. The summed E-state index contributed by atoms with van der Waals surface area (Å²) in [6, 6.07) is 7.91. The lowest BCUT2D eigenvalue weighted by Gasteiger charge is -2.36. The molecule has 1 fully saturated rings. The van der Waals surface area contributed by atoms with Crippen LogP contribution in [0.25, 0.3) is 10.2 Å². The van der Waals surface area contributed by atoms with Crippen molar-refractivity contribution in [2.45, 2.75) is 65.2 Å². The highest BCUT2D eigenvalue weighted by molar-refractivity contribution is 7.19. The first-order chi connectivity index (χ1) is 16.0. The van der Waals surface area contributed by atoms with E-state index in [1.165, 1.54) is 51.9 Å². The fourth-order valence-corrected chi connectivity index (χ4v) is 6.23. The van der Waals surface area contributed by atoms with E-state index in [-0.39, 0.29) is 5.91 Å². The van der Waals surface area contributed by atoms with Crippen LogP contribution in [0.5, 0.6) is 0 Å². The number of hydrogen-bond acceptors (Lipinski definition) is 5. The molecule has 2 aliphatic rings. The number of fused-ring (bicyclic) bond motifs is 3. The number of thiophene rings is 1. The monoisotopic (exact) mass is 462 g/mol. The second-order valence-corrected chi connectivity index (χ2v) is 10.7. The Morgan fingerprint density at radius 1 is 1.03 bits per heavy atom. The van der Waals surface area contributed by atoms with Gasteiger partial charge in [0, 0.05) is 42.5 Å². The fraction of sp³-hybridized carbons (Fsp3) is 0.519. The maximum atomic E-state index is 13.0. The van der Waals surface area contributed by atoms with E-state index in [0.717, 1.165) is 56.2 Å². The number of aromatic nitrogens is 2. The predicted molar refractivity (Wildman–Crippen MR) is 137 cm³/mol. The van der Waals surface area contributed by atoms with Gasteiger partial charge in [0.15, 0.2) is 0 Å². The van der Waals surface area contributed by atoms with Crippen LogP contribution >= 0.6 is 11.3 Å². The molecule has 0 N–H and O–H groups in total. The minimum atomic E-state index is 0.132. The topological polar surface area (TPSA) is 49.3 Å². The molecular formula is C27H34N4OS.